The molecule has 1 atom stereocenters. The van der Waals surface area contributed by atoms with Crippen molar-refractivity contribution in [3.05, 3.63) is 29.6 Å². The summed E-state index contributed by atoms with van der Waals surface area (Å²) in [4.78, 5) is 28.9. The van der Waals surface area contributed by atoms with Gasteiger partial charge in [-0.2, -0.15) is 4.37 Å². The van der Waals surface area contributed by atoms with Gasteiger partial charge in [0.15, 0.2) is 0 Å². The van der Waals surface area contributed by atoms with Crippen LogP contribution in [0.15, 0.2) is 18.3 Å². The highest BCUT2D eigenvalue weighted by atomic mass is 32.1. The second-order valence-corrected chi connectivity index (χ2v) is 7.20. The Kier molecular flexibility index (Phi) is 5.75. The molecule has 144 valence electrons. The van der Waals surface area contributed by atoms with Gasteiger partial charge in [0.1, 0.15) is 5.00 Å². The number of piperidine rings is 1. The van der Waals surface area contributed by atoms with Crippen LogP contribution < -0.4 is 15.8 Å². The largest absolute Gasteiger partial charge is 0.477 e. The van der Waals surface area contributed by atoms with Crippen LogP contribution in [0.1, 0.15) is 28.9 Å². The smallest absolute Gasteiger partial charge is 0.407 e. The minimum atomic E-state index is -0.894. The van der Waals surface area contributed by atoms with Gasteiger partial charge in [0, 0.05) is 25.1 Å². The number of hydrogen-bond donors (Lipinski definition) is 3. The van der Waals surface area contributed by atoms with E-state index in [0.29, 0.717) is 47.5 Å². The number of ether oxygens (including phenoxy) is 1. The third-order valence-corrected chi connectivity index (χ3v) is 5.13. The minimum Gasteiger partial charge on any atom is -0.477 e. The number of likely N-dealkylation sites (tertiary alicyclic amines) is 1. The summed E-state index contributed by atoms with van der Waals surface area (Å²) in [6.45, 7) is 3.17. The van der Waals surface area contributed by atoms with Crippen LogP contribution in [0, 0.1) is 12.8 Å². The summed E-state index contributed by atoms with van der Waals surface area (Å²) in [5.74, 6) is 0.242. The molecular formula is C17H21N5O4S. The Labute approximate surface area is 160 Å². The average Bonchev–Trinajstić information content (AvgIpc) is 3.00. The third-order valence-electron chi connectivity index (χ3n) is 4.37. The van der Waals surface area contributed by atoms with Crippen molar-refractivity contribution in [1.82, 2.24) is 14.3 Å². The first-order chi connectivity index (χ1) is 12.9. The minimum absolute atomic E-state index is 0.146. The molecule has 3 heterocycles. The van der Waals surface area contributed by atoms with E-state index in [4.69, 9.17) is 15.6 Å². The summed E-state index contributed by atoms with van der Waals surface area (Å²) < 4.78 is 9.73. The number of pyridine rings is 1. The first kappa shape index (κ1) is 18.9. The molecule has 0 spiro atoms. The first-order valence-electron chi connectivity index (χ1n) is 8.54. The Balaban J connectivity index is 1.53. The number of aryl methyl sites for hydroxylation is 1. The number of rotatable bonds is 5. The number of nitrogens with two attached hydrogens (primary N) is 1. The van der Waals surface area contributed by atoms with Crippen molar-refractivity contribution in [1.29, 1.82) is 0 Å². The lowest BCUT2D eigenvalue weighted by Gasteiger charge is -2.30. The molecule has 2 amide bonds. The van der Waals surface area contributed by atoms with Gasteiger partial charge in [-0.25, -0.2) is 9.78 Å². The highest BCUT2D eigenvalue weighted by Crippen LogP contribution is 2.23. The molecule has 0 bridgehead atoms. The zero-order valence-electron chi connectivity index (χ0n) is 14.8. The maximum absolute atomic E-state index is 12.3. The van der Waals surface area contributed by atoms with Crippen molar-refractivity contribution in [3.8, 4) is 5.88 Å². The Hall–Kier alpha value is -2.88. The lowest BCUT2D eigenvalue weighted by molar-refractivity contribution is 0.102. The molecule has 0 aromatic carbocycles. The molecule has 27 heavy (non-hydrogen) atoms. The quantitative estimate of drug-likeness (QED) is 0.713. The number of nitrogens with zero attached hydrogens (tertiary/aromatic N) is 3. The topological polar surface area (TPSA) is 131 Å². The maximum atomic E-state index is 12.3. The predicted octanol–water partition coefficient (Wildman–Crippen LogP) is 2.45. The number of amides is 2. The van der Waals surface area contributed by atoms with Crippen LogP contribution in [0.3, 0.4) is 0 Å². The highest BCUT2D eigenvalue weighted by Gasteiger charge is 2.23. The van der Waals surface area contributed by atoms with Gasteiger partial charge >= 0.3 is 6.09 Å². The number of aromatic nitrogens is 2. The monoisotopic (exact) mass is 391 g/mol. The summed E-state index contributed by atoms with van der Waals surface area (Å²) in [6, 6.07) is 3.35. The molecule has 1 fully saturated rings. The Morgan fingerprint density at radius 3 is 2.93 bits per heavy atom. The first-order valence-corrected chi connectivity index (χ1v) is 9.31. The lowest BCUT2D eigenvalue weighted by atomic mass is 9.99. The van der Waals surface area contributed by atoms with Crippen LogP contribution in [0.4, 0.5) is 15.5 Å². The number of carboxylic acid groups (broad SMARTS) is 1. The van der Waals surface area contributed by atoms with E-state index < -0.39 is 6.09 Å². The fourth-order valence-electron chi connectivity index (χ4n) is 2.97. The summed E-state index contributed by atoms with van der Waals surface area (Å²) in [6.07, 6.45) is 2.37. The van der Waals surface area contributed by atoms with E-state index in [1.807, 2.05) is 0 Å². The van der Waals surface area contributed by atoms with Crippen molar-refractivity contribution >= 4 is 34.2 Å². The Bertz CT molecular complexity index is 804. The van der Waals surface area contributed by atoms with E-state index in [9.17, 15) is 9.59 Å². The van der Waals surface area contributed by atoms with E-state index in [1.165, 1.54) is 11.1 Å². The zero-order valence-corrected chi connectivity index (χ0v) is 15.7. The Morgan fingerprint density at radius 1 is 1.48 bits per heavy atom. The molecular weight excluding hydrogens is 370 g/mol. The zero-order chi connectivity index (χ0) is 19.4. The summed E-state index contributed by atoms with van der Waals surface area (Å²) in [5.41, 5.74) is 7.26. The lowest BCUT2D eigenvalue weighted by Crippen LogP contribution is -2.40. The van der Waals surface area contributed by atoms with Gasteiger partial charge in [-0.05, 0) is 37.4 Å². The normalized spacial score (nSPS) is 16.8. The second kappa shape index (κ2) is 8.21. The van der Waals surface area contributed by atoms with Crippen LogP contribution in [0.2, 0.25) is 0 Å². The van der Waals surface area contributed by atoms with Gasteiger partial charge in [-0.1, -0.05) is 0 Å². The average molecular weight is 391 g/mol. The van der Waals surface area contributed by atoms with Crippen LogP contribution in [0.25, 0.3) is 0 Å². The molecule has 0 saturated carbocycles. The van der Waals surface area contributed by atoms with Gasteiger partial charge in [-0.3, -0.25) is 4.79 Å². The van der Waals surface area contributed by atoms with Crippen molar-refractivity contribution in [2.24, 2.45) is 5.92 Å². The van der Waals surface area contributed by atoms with E-state index in [0.717, 1.165) is 24.4 Å². The van der Waals surface area contributed by atoms with Gasteiger partial charge < -0.3 is 25.8 Å². The second-order valence-electron chi connectivity index (χ2n) is 6.39. The van der Waals surface area contributed by atoms with Crippen molar-refractivity contribution < 1.29 is 19.4 Å². The molecule has 0 unspecified atom stereocenters. The summed E-state index contributed by atoms with van der Waals surface area (Å²) >= 11 is 1.09. The summed E-state index contributed by atoms with van der Waals surface area (Å²) in [7, 11) is 0. The number of anilines is 2. The number of nitrogens with one attached hydrogen (secondary N) is 1. The van der Waals surface area contributed by atoms with Crippen molar-refractivity contribution in [2.75, 3.05) is 30.7 Å². The van der Waals surface area contributed by atoms with E-state index in [2.05, 4.69) is 14.7 Å². The molecule has 2 aromatic rings. The van der Waals surface area contributed by atoms with Crippen LogP contribution in [0.5, 0.6) is 5.88 Å². The number of hydrogen-bond acceptors (Lipinski definition) is 7. The summed E-state index contributed by atoms with van der Waals surface area (Å²) in [5, 5.41) is 12.2. The number of carbonyl (C=O) groups is 2. The Morgan fingerprint density at radius 2 is 2.30 bits per heavy atom. The molecule has 1 aliphatic rings. The van der Waals surface area contributed by atoms with Crippen LogP contribution in [-0.4, -0.2) is 51.1 Å². The van der Waals surface area contributed by atoms with E-state index in [-0.39, 0.29) is 11.8 Å². The highest BCUT2D eigenvalue weighted by molar-refractivity contribution is 7.10. The fourth-order valence-corrected chi connectivity index (χ4v) is 3.63. The van der Waals surface area contributed by atoms with Gasteiger partial charge in [0.05, 0.1) is 29.7 Å². The van der Waals surface area contributed by atoms with Gasteiger partial charge in [0.2, 0.25) is 5.88 Å². The number of nitrogen functional groups attached to an aromatic ring is 1. The molecule has 1 aliphatic heterocycles. The number of carbonyl (C=O) groups excluding carboxylic acids is 1. The fraction of sp³-hybridized carbons (Fsp3) is 0.412. The molecule has 4 N–H and O–H groups in total. The third kappa shape index (κ3) is 4.64. The predicted molar refractivity (Wildman–Crippen MR) is 101 cm³/mol. The maximum Gasteiger partial charge on any atom is 0.407 e. The van der Waals surface area contributed by atoms with Gasteiger partial charge in [-0.15, -0.1) is 0 Å². The van der Waals surface area contributed by atoms with Gasteiger partial charge in [0.25, 0.3) is 5.91 Å². The van der Waals surface area contributed by atoms with E-state index in [1.54, 1.807) is 19.1 Å². The van der Waals surface area contributed by atoms with Crippen LogP contribution >= 0.6 is 11.5 Å². The molecule has 1 saturated heterocycles. The molecule has 9 nitrogen and oxygen atoms in total. The molecule has 3 rings (SSSR count). The molecule has 10 heteroatoms. The van der Waals surface area contributed by atoms with Crippen molar-refractivity contribution in [2.45, 2.75) is 19.8 Å². The van der Waals surface area contributed by atoms with Crippen molar-refractivity contribution in [3.63, 3.8) is 0 Å². The molecule has 0 aliphatic carbocycles. The molecule has 2 aromatic heterocycles. The standard InChI is InChI=1S/C17H21N5O4S/c1-10-14(15(18)27-21-10)16(23)20-12-4-5-13(19-7-12)26-9-11-3-2-6-22(8-11)17(24)25/h4-5,7,11H,2-3,6,8-9,18H2,1H3,(H,20,23)(H,24,25)/t11-/m1/s1. The van der Waals surface area contributed by atoms with Crippen LogP contribution in [-0.2, 0) is 0 Å². The SMILES string of the molecule is Cc1nsc(N)c1C(=O)Nc1ccc(OC[C@@H]2CCCN(C(=O)O)C2)nc1. The molecule has 0 radical (unpaired) electrons. The van der Waals surface area contributed by atoms with E-state index >= 15 is 0 Å².